The fraction of sp³-hybridized carbons (Fsp3) is 0.412. The number of aromatic nitrogens is 3. The lowest BCUT2D eigenvalue weighted by molar-refractivity contribution is -0.131. The van der Waals surface area contributed by atoms with Gasteiger partial charge in [-0.1, -0.05) is 0 Å². The second kappa shape index (κ2) is 10.9. The molecule has 5 heterocycles. The molecule has 1 aromatic carbocycles. The first-order valence-electron chi connectivity index (χ1n) is 14.8. The van der Waals surface area contributed by atoms with E-state index in [0.717, 1.165) is 69.4 Å². The fourth-order valence-electron chi connectivity index (χ4n) is 6.33. The number of nitrogens with zero attached hydrogens (tertiary/aromatic N) is 4. The maximum Gasteiger partial charge on any atom is 0.410 e. The quantitative estimate of drug-likeness (QED) is 0.307. The summed E-state index contributed by atoms with van der Waals surface area (Å²) in [7, 11) is 0. The molecule has 1 unspecified atom stereocenters. The van der Waals surface area contributed by atoms with Crippen LogP contribution in [0.4, 0.5) is 4.79 Å². The molecule has 0 bridgehead atoms. The van der Waals surface area contributed by atoms with Crippen molar-refractivity contribution in [1.29, 1.82) is 0 Å². The lowest BCUT2D eigenvalue weighted by Gasteiger charge is -2.34. The van der Waals surface area contributed by atoms with Crippen LogP contribution in [0.5, 0.6) is 0 Å². The Balaban J connectivity index is 1.38. The van der Waals surface area contributed by atoms with Crippen LogP contribution in [0.15, 0.2) is 48.9 Å². The average Bonchev–Trinajstić information content (AvgIpc) is 3.58. The van der Waals surface area contributed by atoms with Gasteiger partial charge in [-0.3, -0.25) is 9.78 Å². The van der Waals surface area contributed by atoms with Crippen molar-refractivity contribution in [2.24, 2.45) is 0 Å². The van der Waals surface area contributed by atoms with Gasteiger partial charge < -0.3 is 19.5 Å². The molecule has 1 saturated heterocycles. The molecule has 0 radical (unpaired) electrons. The van der Waals surface area contributed by atoms with Crippen LogP contribution in [0, 0.1) is 13.8 Å². The largest absolute Gasteiger partial charge is 0.444 e. The summed E-state index contributed by atoms with van der Waals surface area (Å²) in [5.74, 6) is 0.112. The van der Waals surface area contributed by atoms with Gasteiger partial charge in [0.1, 0.15) is 11.2 Å². The zero-order chi connectivity index (χ0) is 29.6. The van der Waals surface area contributed by atoms with Crippen LogP contribution in [0.2, 0.25) is 0 Å². The highest BCUT2D eigenvalue weighted by atomic mass is 16.6. The third-order valence-corrected chi connectivity index (χ3v) is 8.35. The molecule has 1 fully saturated rings. The summed E-state index contributed by atoms with van der Waals surface area (Å²) in [6.45, 7) is 11.6. The molecule has 3 aromatic heterocycles. The van der Waals surface area contributed by atoms with E-state index in [1.165, 1.54) is 5.56 Å². The summed E-state index contributed by atoms with van der Waals surface area (Å²) in [6.07, 6.45) is 8.29. The Bertz CT molecular complexity index is 1670. The minimum Gasteiger partial charge on any atom is -0.444 e. The zero-order valence-electron chi connectivity index (χ0n) is 25.2. The molecular weight excluding hydrogens is 526 g/mol. The summed E-state index contributed by atoms with van der Waals surface area (Å²) in [4.78, 5) is 42.8. The van der Waals surface area contributed by atoms with Crippen LogP contribution < -0.4 is 0 Å². The lowest BCUT2D eigenvalue weighted by atomic mass is 9.86. The van der Waals surface area contributed by atoms with Gasteiger partial charge in [0.05, 0.1) is 12.5 Å². The predicted octanol–water partition coefficient (Wildman–Crippen LogP) is 6.44. The van der Waals surface area contributed by atoms with Crippen molar-refractivity contribution < 1.29 is 14.3 Å². The number of hydrogen-bond acceptors (Lipinski definition) is 5. The number of aromatic amines is 1. The predicted molar refractivity (Wildman–Crippen MR) is 163 cm³/mol. The van der Waals surface area contributed by atoms with Crippen LogP contribution in [0.3, 0.4) is 0 Å². The number of carbonyl (C=O) groups excluding carboxylic acids is 2. The van der Waals surface area contributed by atoms with E-state index in [1.807, 2.05) is 62.0 Å². The van der Waals surface area contributed by atoms with Crippen molar-refractivity contribution in [3.63, 3.8) is 0 Å². The first-order valence-corrected chi connectivity index (χ1v) is 14.8. The average molecular weight is 566 g/mol. The van der Waals surface area contributed by atoms with Gasteiger partial charge in [0.15, 0.2) is 0 Å². The van der Waals surface area contributed by atoms with Crippen LogP contribution in [-0.2, 0) is 28.9 Å². The smallest absolute Gasteiger partial charge is 0.410 e. The molecule has 8 heteroatoms. The van der Waals surface area contributed by atoms with E-state index < -0.39 is 5.60 Å². The highest BCUT2D eigenvalue weighted by Crippen LogP contribution is 2.40. The van der Waals surface area contributed by atoms with E-state index in [-0.39, 0.29) is 18.0 Å². The molecule has 0 spiro atoms. The first kappa shape index (κ1) is 27.9. The highest BCUT2D eigenvalue weighted by molar-refractivity contribution is 5.85. The Morgan fingerprint density at radius 3 is 2.69 bits per heavy atom. The first-order chi connectivity index (χ1) is 20.1. The molecule has 1 N–H and O–H groups in total. The van der Waals surface area contributed by atoms with Gasteiger partial charge in [-0.05, 0) is 118 Å². The van der Waals surface area contributed by atoms with Crippen molar-refractivity contribution >= 4 is 23.0 Å². The van der Waals surface area contributed by atoms with Gasteiger partial charge in [-0.15, -0.1) is 0 Å². The molecule has 2 aliphatic heterocycles. The maximum atomic E-state index is 13.4. The van der Waals surface area contributed by atoms with Gasteiger partial charge in [-0.2, -0.15) is 0 Å². The minimum atomic E-state index is -0.560. The summed E-state index contributed by atoms with van der Waals surface area (Å²) >= 11 is 0. The van der Waals surface area contributed by atoms with Gasteiger partial charge >= 0.3 is 6.09 Å². The standard InChI is InChI=1S/C34H39N5O3/c1-21-18-36-32-28(21)17-25(19-37-32)24-15-26-20-38(31(40)14-23-8-10-35-22(2)13-23)12-9-27(26)29(16-24)30-7-6-11-39(30)33(41)42-34(3,4)5/h8,10,13,15-19,30H,6-7,9,11-12,14,20H2,1-5H3,(H,36,37). The minimum absolute atomic E-state index is 0.0683. The Morgan fingerprint density at radius 2 is 1.90 bits per heavy atom. The summed E-state index contributed by atoms with van der Waals surface area (Å²) in [5, 5.41) is 1.09. The highest BCUT2D eigenvalue weighted by Gasteiger charge is 2.36. The van der Waals surface area contributed by atoms with Crippen molar-refractivity contribution in [2.45, 2.75) is 78.5 Å². The maximum absolute atomic E-state index is 13.4. The number of nitrogens with one attached hydrogen (secondary N) is 1. The Labute approximate surface area is 247 Å². The van der Waals surface area contributed by atoms with Gasteiger partial charge in [0.2, 0.25) is 5.91 Å². The van der Waals surface area contributed by atoms with Crippen molar-refractivity contribution in [2.75, 3.05) is 13.1 Å². The number of fused-ring (bicyclic) bond motifs is 2. The van der Waals surface area contributed by atoms with E-state index in [9.17, 15) is 9.59 Å². The van der Waals surface area contributed by atoms with Crippen LogP contribution in [0.25, 0.3) is 22.2 Å². The molecule has 0 saturated carbocycles. The van der Waals surface area contributed by atoms with Crippen molar-refractivity contribution in [1.82, 2.24) is 24.8 Å². The number of ether oxygens (including phenoxy) is 1. The number of aryl methyl sites for hydroxylation is 2. The Kier molecular flexibility index (Phi) is 7.25. The lowest BCUT2D eigenvalue weighted by Crippen LogP contribution is -2.39. The van der Waals surface area contributed by atoms with Crippen molar-refractivity contribution in [3.05, 3.63) is 82.4 Å². The SMILES string of the molecule is Cc1cc(CC(=O)N2CCc3c(cc(-c4cnc5[nH]cc(C)c5c4)cc3C3CCCN3C(=O)OC(C)(C)C)C2)ccn1. The molecule has 0 aliphatic carbocycles. The number of pyridine rings is 2. The molecule has 6 rings (SSSR count). The molecule has 42 heavy (non-hydrogen) atoms. The normalized spacial score (nSPS) is 17.0. The van der Waals surface area contributed by atoms with E-state index in [2.05, 4.69) is 40.1 Å². The Hall–Kier alpha value is -4.20. The summed E-state index contributed by atoms with van der Waals surface area (Å²) in [6, 6.07) is 10.5. The molecule has 1 atom stereocenters. The fourth-order valence-corrected chi connectivity index (χ4v) is 6.33. The van der Waals surface area contributed by atoms with Gasteiger partial charge in [-0.25, -0.2) is 9.78 Å². The molecule has 2 amide bonds. The van der Waals surface area contributed by atoms with E-state index in [4.69, 9.17) is 4.74 Å². The van der Waals surface area contributed by atoms with Crippen LogP contribution in [0.1, 0.15) is 73.2 Å². The van der Waals surface area contributed by atoms with E-state index in [0.29, 0.717) is 26.1 Å². The third kappa shape index (κ3) is 5.62. The number of rotatable bonds is 4. The number of H-pyrrole nitrogens is 1. The molecule has 218 valence electrons. The summed E-state index contributed by atoms with van der Waals surface area (Å²) in [5.41, 5.74) is 8.95. The van der Waals surface area contributed by atoms with Gasteiger partial charge in [0, 0.05) is 54.9 Å². The Morgan fingerprint density at radius 1 is 1.07 bits per heavy atom. The molecular formula is C34H39N5O3. The monoisotopic (exact) mass is 565 g/mol. The molecule has 2 aliphatic rings. The second-order valence-electron chi connectivity index (χ2n) is 12.7. The zero-order valence-corrected chi connectivity index (χ0v) is 25.2. The number of likely N-dealkylation sites (tertiary alicyclic amines) is 1. The number of amides is 2. The molecule has 8 nitrogen and oxygen atoms in total. The van der Waals surface area contributed by atoms with E-state index in [1.54, 1.807) is 6.20 Å². The van der Waals surface area contributed by atoms with Crippen LogP contribution in [-0.4, -0.2) is 55.4 Å². The molecule has 4 aromatic rings. The number of benzene rings is 1. The van der Waals surface area contributed by atoms with Gasteiger partial charge in [0.25, 0.3) is 0 Å². The van der Waals surface area contributed by atoms with E-state index >= 15 is 0 Å². The second-order valence-corrected chi connectivity index (χ2v) is 12.7. The van der Waals surface area contributed by atoms with Crippen LogP contribution >= 0.6 is 0 Å². The third-order valence-electron chi connectivity index (χ3n) is 8.35. The summed E-state index contributed by atoms with van der Waals surface area (Å²) < 4.78 is 5.81. The number of carbonyl (C=O) groups is 2. The van der Waals surface area contributed by atoms with Crippen molar-refractivity contribution in [3.8, 4) is 11.1 Å². The number of hydrogen-bond donors (Lipinski definition) is 1. The topological polar surface area (TPSA) is 91.4 Å².